The first-order chi connectivity index (χ1) is 9.53. The summed E-state index contributed by atoms with van der Waals surface area (Å²) in [5.41, 5.74) is 1.56. The predicted octanol–water partition coefficient (Wildman–Crippen LogP) is 2.25. The molecule has 0 radical (unpaired) electrons. The summed E-state index contributed by atoms with van der Waals surface area (Å²) in [6.07, 6.45) is 0. The van der Waals surface area contributed by atoms with Gasteiger partial charge in [0.15, 0.2) is 0 Å². The van der Waals surface area contributed by atoms with Crippen molar-refractivity contribution in [3.8, 4) is 6.07 Å². The number of nitrogens with zero attached hydrogens (tertiary/aromatic N) is 3. The van der Waals surface area contributed by atoms with Gasteiger partial charge >= 0.3 is 0 Å². The minimum atomic E-state index is -3.70. The number of sulfonamides is 1. The molecule has 0 saturated carbocycles. The lowest BCUT2D eigenvalue weighted by Crippen LogP contribution is -2.10. The van der Waals surface area contributed by atoms with Crippen LogP contribution in [-0.2, 0) is 10.0 Å². The summed E-state index contributed by atoms with van der Waals surface area (Å²) in [5.74, 6) is -0.757. The smallest absolute Gasteiger partial charge is 0.245 e. The first kappa shape index (κ1) is 13.0. The third-order valence-corrected chi connectivity index (χ3v) is 5.32. The molecule has 20 heavy (non-hydrogen) atoms. The van der Waals surface area contributed by atoms with E-state index in [1.54, 1.807) is 18.2 Å². The molecule has 7 heteroatoms. The number of aryl methyl sites for hydroxylation is 1. The van der Waals surface area contributed by atoms with Crippen LogP contribution < -0.4 is 0 Å². The zero-order valence-corrected chi connectivity index (χ0v) is 12.1. The topological polar surface area (TPSA) is 83.2 Å². The Balaban J connectivity index is 2.18. The molecule has 0 N–H and O–H groups in total. The van der Waals surface area contributed by atoms with Gasteiger partial charge in [0.1, 0.15) is 10.9 Å². The van der Waals surface area contributed by atoms with Gasteiger partial charge in [0, 0.05) is 16.6 Å². The molecule has 1 aliphatic rings. The molecule has 1 unspecified atom stereocenters. The average molecular weight is 303 g/mol. The van der Waals surface area contributed by atoms with Crippen LogP contribution in [0.5, 0.6) is 0 Å². The Bertz CT molecular complexity index is 860. The average Bonchev–Trinajstić information content (AvgIpc) is 2.95. The normalized spacial score (nSPS) is 17.1. The van der Waals surface area contributed by atoms with Crippen molar-refractivity contribution < 1.29 is 8.42 Å². The molecular weight excluding hydrogens is 294 g/mol. The van der Waals surface area contributed by atoms with Gasteiger partial charge in [0.05, 0.1) is 16.7 Å². The van der Waals surface area contributed by atoms with E-state index in [1.807, 2.05) is 12.3 Å². The highest BCUT2D eigenvalue weighted by Gasteiger charge is 2.34. The van der Waals surface area contributed by atoms with Crippen LogP contribution >= 0.6 is 11.3 Å². The molecule has 0 aliphatic carbocycles. The lowest BCUT2D eigenvalue weighted by atomic mass is 9.98. The van der Waals surface area contributed by atoms with Gasteiger partial charge in [0.2, 0.25) is 0 Å². The SMILES string of the molecule is Cc1csc(C(C#N)C2=NS(=O)(=O)c3ccccc32)n1. The highest BCUT2D eigenvalue weighted by atomic mass is 32.2. The Morgan fingerprint density at radius 1 is 1.35 bits per heavy atom. The highest BCUT2D eigenvalue weighted by Crippen LogP contribution is 2.33. The maximum atomic E-state index is 12.0. The molecule has 5 nitrogen and oxygen atoms in total. The fourth-order valence-electron chi connectivity index (χ4n) is 2.08. The van der Waals surface area contributed by atoms with E-state index in [0.717, 1.165) is 5.69 Å². The summed E-state index contributed by atoms with van der Waals surface area (Å²) in [7, 11) is -3.70. The molecule has 0 fully saturated rings. The van der Waals surface area contributed by atoms with Gasteiger partial charge in [-0.2, -0.15) is 18.1 Å². The second kappa shape index (κ2) is 4.51. The minimum Gasteiger partial charge on any atom is -0.245 e. The van der Waals surface area contributed by atoms with Crippen LogP contribution in [-0.4, -0.2) is 19.1 Å². The highest BCUT2D eigenvalue weighted by molar-refractivity contribution is 7.90. The maximum Gasteiger partial charge on any atom is 0.283 e. The molecule has 100 valence electrons. The number of aromatic nitrogens is 1. The van der Waals surface area contributed by atoms with E-state index in [1.165, 1.54) is 17.4 Å². The molecule has 0 amide bonds. The molecule has 0 bridgehead atoms. The van der Waals surface area contributed by atoms with Crippen LogP contribution in [0.2, 0.25) is 0 Å². The molecule has 3 rings (SSSR count). The van der Waals surface area contributed by atoms with Gasteiger partial charge in [-0.25, -0.2) is 4.98 Å². The van der Waals surface area contributed by atoms with Crippen LogP contribution in [0.15, 0.2) is 38.9 Å². The van der Waals surface area contributed by atoms with E-state index < -0.39 is 15.9 Å². The summed E-state index contributed by atoms with van der Waals surface area (Å²) in [6, 6.07) is 8.65. The predicted molar refractivity (Wildman–Crippen MR) is 75.4 cm³/mol. The zero-order chi connectivity index (χ0) is 14.3. The Kier molecular flexibility index (Phi) is 2.92. The largest absolute Gasteiger partial charge is 0.283 e. The third kappa shape index (κ3) is 1.94. The van der Waals surface area contributed by atoms with Crippen molar-refractivity contribution in [2.75, 3.05) is 0 Å². The standard InChI is InChI=1S/C13H9N3O2S2/c1-8-7-19-13(15-8)10(6-14)12-9-4-2-3-5-11(9)20(17,18)16-12/h2-5,7,10H,1H3. The molecular formula is C13H9N3O2S2. The summed E-state index contributed by atoms with van der Waals surface area (Å²) in [6.45, 7) is 1.83. The third-order valence-electron chi connectivity index (χ3n) is 2.95. The van der Waals surface area contributed by atoms with E-state index in [0.29, 0.717) is 10.6 Å². The van der Waals surface area contributed by atoms with Crippen molar-refractivity contribution in [3.05, 3.63) is 45.9 Å². The van der Waals surface area contributed by atoms with Crippen molar-refractivity contribution in [1.82, 2.24) is 4.98 Å². The second-order valence-corrected chi connectivity index (χ2v) is 6.80. The molecule has 0 spiro atoms. The van der Waals surface area contributed by atoms with Crippen molar-refractivity contribution in [3.63, 3.8) is 0 Å². The molecule has 1 aromatic heterocycles. The monoisotopic (exact) mass is 303 g/mol. The van der Waals surface area contributed by atoms with Crippen LogP contribution in [0.1, 0.15) is 22.2 Å². The van der Waals surface area contributed by atoms with Crippen LogP contribution in [0.25, 0.3) is 0 Å². The van der Waals surface area contributed by atoms with Crippen molar-refractivity contribution in [1.29, 1.82) is 5.26 Å². The fourth-order valence-corrected chi connectivity index (χ4v) is 4.18. The fraction of sp³-hybridized carbons (Fsp3) is 0.154. The number of thiazole rings is 1. The van der Waals surface area contributed by atoms with Gasteiger partial charge < -0.3 is 0 Å². The summed E-state index contributed by atoms with van der Waals surface area (Å²) in [5, 5.41) is 11.8. The number of benzene rings is 1. The van der Waals surface area contributed by atoms with E-state index in [4.69, 9.17) is 0 Å². The lowest BCUT2D eigenvalue weighted by molar-refractivity contribution is 0.599. The van der Waals surface area contributed by atoms with E-state index in [9.17, 15) is 13.7 Å². The Hall–Kier alpha value is -2.04. The van der Waals surface area contributed by atoms with Crippen LogP contribution in [0, 0.1) is 18.3 Å². The van der Waals surface area contributed by atoms with E-state index in [-0.39, 0.29) is 10.6 Å². The lowest BCUT2D eigenvalue weighted by Gasteiger charge is -2.05. The van der Waals surface area contributed by atoms with Gasteiger partial charge in [-0.1, -0.05) is 18.2 Å². The molecule has 0 saturated heterocycles. The van der Waals surface area contributed by atoms with E-state index in [2.05, 4.69) is 15.5 Å². The quantitative estimate of drug-likeness (QED) is 0.852. The molecule has 2 aromatic rings. The first-order valence-corrected chi connectivity index (χ1v) is 8.11. The Morgan fingerprint density at radius 2 is 2.10 bits per heavy atom. The summed E-state index contributed by atoms with van der Waals surface area (Å²) < 4.78 is 27.8. The van der Waals surface area contributed by atoms with Gasteiger partial charge in [-0.15, -0.1) is 11.3 Å². The Labute approximate surface area is 120 Å². The summed E-state index contributed by atoms with van der Waals surface area (Å²) in [4.78, 5) is 4.42. The van der Waals surface area contributed by atoms with Crippen LogP contribution in [0.4, 0.5) is 0 Å². The minimum absolute atomic E-state index is 0.156. The molecule has 1 aromatic carbocycles. The van der Waals surface area contributed by atoms with Crippen molar-refractivity contribution in [2.24, 2.45) is 4.40 Å². The molecule has 1 aliphatic heterocycles. The Morgan fingerprint density at radius 3 is 2.75 bits per heavy atom. The molecule has 1 atom stereocenters. The number of rotatable bonds is 2. The van der Waals surface area contributed by atoms with Crippen LogP contribution in [0.3, 0.4) is 0 Å². The van der Waals surface area contributed by atoms with Crippen molar-refractivity contribution in [2.45, 2.75) is 17.7 Å². The zero-order valence-electron chi connectivity index (χ0n) is 10.4. The van der Waals surface area contributed by atoms with Crippen molar-refractivity contribution >= 4 is 27.1 Å². The second-order valence-electron chi connectivity index (χ2n) is 4.34. The van der Waals surface area contributed by atoms with Gasteiger partial charge in [-0.3, -0.25) is 0 Å². The van der Waals surface area contributed by atoms with Gasteiger partial charge in [-0.05, 0) is 13.0 Å². The summed E-state index contributed by atoms with van der Waals surface area (Å²) >= 11 is 1.33. The van der Waals surface area contributed by atoms with Gasteiger partial charge in [0.25, 0.3) is 10.0 Å². The maximum absolute atomic E-state index is 12.0. The number of hydrogen-bond acceptors (Lipinski definition) is 5. The number of hydrogen-bond donors (Lipinski definition) is 0. The first-order valence-electron chi connectivity index (χ1n) is 5.79. The van der Waals surface area contributed by atoms with E-state index >= 15 is 0 Å². The molecule has 2 heterocycles. The number of nitriles is 1. The number of fused-ring (bicyclic) bond motifs is 1.